The molecule has 3 rings (SSSR count). The van der Waals surface area contributed by atoms with Crippen molar-refractivity contribution in [3.8, 4) is 0 Å². The Morgan fingerprint density at radius 3 is 3.05 bits per heavy atom. The van der Waals surface area contributed by atoms with Crippen LogP contribution in [0, 0.1) is 0 Å². The zero-order valence-electron chi connectivity index (χ0n) is 11.2. The number of piperidine rings is 1. The van der Waals surface area contributed by atoms with Crippen LogP contribution in [0.1, 0.15) is 31.2 Å². The van der Waals surface area contributed by atoms with E-state index in [0.29, 0.717) is 12.6 Å². The number of fused-ring (bicyclic) bond motifs is 1. The van der Waals surface area contributed by atoms with E-state index in [1.807, 2.05) is 11.3 Å². The molecule has 0 bridgehead atoms. The SMILES string of the molecule is OCCC1CCCCN1Cc1csc2ccccc12. The largest absolute Gasteiger partial charge is 0.396 e. The van der Waals surface area contributed by atoms with Crippen molar-refractivity contribution in [3.63, 3.8) is 0 Å². The summed E-state index contributed by atoms with van der Waals surface area (Å²) >= 11 is 1.84. The van der Waals surface area contributed by atoms with Crippen LogP contribution in [0.4, 0.5) is 0 Å². The Labute approximate surface area is 118 Å². The molecule has 3 heteroatoms. The maximum absolute atomic E-state index is 9.21. The van der Waals surface area contributed by atoms with Gasteiger partial charge in [0.25, 0.3) is 0 Å². The Morgan fingerprint density at radius 1 is 1.26 bits per heavy atom. The first kappa shape index (κ1) is 13.1. The fourth-order valence-corrected chi connectivity index (χ4v) is 4.07. The lowest BCUT2D eigenvalue weighted by molar-refractivity contribution is 0.113. The number of hydrogen-bond acceptors (Lipinski definition) is 3. The van der Waals surface area contributed by atoms with Crippen LogP contribution in [0.3, 0.4) is 0 Å². The highest BCUT2D eigenvalue weighted by molar-refractivity contribution is 7.17. The van der Waals surface area contributed by atoms with Gasteiger partial charge in [0.05, 0.1) is 0 Å². The molecule has 0 spiro atoms. The van der Waals surface area contributed by atoms with Crippen molar-refractivity contribution >= 4 is 21.4 Å². The monoisotopic (exact) mass is 275 g/mol. The molecule has 1 aromatic heterocycles. The lowest BCUT2D eigenvalue weighted by Gasteiger charge is -2.35. The van der Waals surface area contributed by atoms with E-state index in [2.05, 4.69) is 34.5 Å². The minimum Gasteiger partial charge on any atom is -0.396 e. The summed E-state index contributed by atoms with van der Waals surface area (Å²) in [5.74, 6) is 0. The van der Waals surface area contributed by atoms with E-state index in [0.717, 1.165) is 13.0 Å². The van der Waals surface area contributed by atoms with Crippen molar-refractivity contribution in [1.29, 1.82) is 0 Å². The van der Waals surface area contributed by atoms with Crippen LogP contribution < -0.4 is 0 Å². The van der Waals surface area contributed by atoms with Crippen LogP contribution >= 0.6 is 11.3 Å². The van der Waals surface area contributed by atoms with Crippen molar-refractivity contribution in [3.05, 3.63) is 35.2 Å². The average Bonchev–Trinajstić information content (AvgIpc) is 2.85. The quantitative estimate of drug-likeness (QED) is 0.921. The van der Waals surface area contributed by atoms with Crippen molar-refractivity contribution in [2.75, 3.05) is 13.2 Å². The molecule has 1 aromatic carbocycles. The molecule has 1 atom stereocenters. The van der Waals surface area contributed by atoms with E-state index in [4.69, 9.17) is 0 Å². The topological polar surface area (TPSA) is 23.5 Å². The number of hydrogen-bond donors (Lipinski definition) is 1. The molecule has 0 radical (unpaired) electrons. The third kappa shape index (κ3) is 2.83. The van der Waals surface area contributed by atoms with Gasteiger partial charge in [-0.3, -0.25) is 4.90 Å². The molecule has 0 saturated carbocycles. The maximum atomic E-state index is 9.21. The zero-order chi connectivity index (χ0) is 13.1. The van der Waals surface area contributed by atoms with Gasteiger partial charge in [0.1, 0.15) is 0 Å². The summed E-state index contributed by atoms with van der Waals surface area (Å²) in [6, 6.07) is 9.23. The number of benzene rings is 1. The molecule has 1 N–H and O–H groups in total. The van der Waals surface area contributed by atoms with Gasteiger partial charge in [-0.25, -0.2) is 0 Å². The predicted molar refractivity (Wildman–Crippen MR) is 81.6 cm³/mol. The van der Waals surface area contributed by atoms with Crippen molar-refractivity contribution in [2.24, 2.45) is 0 Å². The Balaban J connectivity index is 1.79. The second-order valence-electron chi connectivity index (χ2n) is 5.39. The normalized spacial score (nSPS) is 21.0. The van der Waals surface area contributed by atoms with Crippen molar-refractivity contribution in [2.45, 2.75) is 38.3 Å². The number of rotatable bonds is 4. The van der Waals surface area contributed by atoms with E-state index < -0.39 is 0 Å². The van der Waals surface area contributed by atoms with Crippen LogP contribution in [0.2, 0.25) is 0 Å². The summed E-state index contributed by atoms with van der Waals surface area (Å²) in [7, 11) is 0. The van der Waals surface area contributed by atoms with E-state index in [9.17, 15) is 5.11 Å². The summed E-state index contributed by atoms with van der Waals surface area (Å²) in [4.78, 5) is 2.56. The van der Waals surface area contributed by atoms with Crippen LogP contribution in [0.25, 0.3) is 10.1 Å². The lowest BCUT2D eigenvalue weighted by Crippen LogP contribution is -2.39. The first-order valence-corrected chi connectivity index (χ1v) is 8.06. The van der Waals surface area contributed by atoms with E-state index in [-0.39, 0.29) is 0 Å². The third-order valence-electron chi connectivity index (χ3n) is 4.15. The Kier molecular flexibility index (Phi) is 4.16. The molecule has 19 heavy (non-hydrogen) atoms. The van der Waals surface area contributed by atoms with Gasteiger partial charge in [0.15, 0.2) is 0 Å². The Bertz CT molecular complexity index is 534. The molecule has 1 fully saturated rings. The first-order valence-electron chi connectivity index (χ1n) is 7.18. The summed E-state index contributed by atoms with van der Waals surface area (Å²) < 4.78 is 1.38. The summed E-state index contributed by atoms with van der Waals surface area (Å²) in [5.41, 5.74) is 1.45. The van der Waals surface area contributed by atoms with E-state index in [1.165, 1.54) is 41.5 Å². The highest BCUT2D eigenvalue weighted by Gasteiger charge is 2.22. The fraction of sp³-hybridized carbons (Fsp3) is 0.500. The summed E-state index contributed by atoms with van der Waals surface area (Å²) in [6.07, 6.45) is 4.76. The summed E-state index contributed by atoms with van der Waals surface area (Å²) in [6.45, 7) is 2.52. The molecule has 2 nitrogen and oxygen atoms in total. The third-order valence-corrected chi connectivity index (χ3v) is 5.16. The minimum atomic E-state index is 0.311. The number of aliphatic hydroxyl groups is 1. The van der Waals surface area contributed by atoms with Crippen molar-refractivity contribution < 1.29 is 5.11 Å². The fourth-order valence-electron chi connectivity index (χ4n) is 3.12. The standard InChI is InChI=1S/C16H21NOS/c18-10-8-14-5-3-4-9-17(14)11-13-12-19-16-7-2-1-6-15(13)16/h1-2,6-7,12,14,18H,3-5,8-11H2. The maximum Gasteiger partial charge on any atom is 0.0445 e. The second-order valence-corrected chi connectivity index (χ2v) is 6.30. The van der Waals surface area contributed by atoms with Crippen LogP contribution in [-0.4, -0.2) is 29.2 Å². The van der Waals surface area contributed by atoms with Gasteiger partial charge >= 0.3 is 0 Å². The van der Waals surface area contributed by atoms with Gasteiger partial charge in [0.2, 0.25) is 0 Å². The number of likely N-dealkylation sites (tertiary alicyclic amines) is 1. The second kappa shape index (κ2) is 6.04. The molecule has 2 heterocycles. The smallest absolute Gasteiger partial charge is 0.0445 e. The van der Waals surface area contributed by atoms with Crippen LogP contribution in [-0.2, 0) is 6.54 Å². The molecule has 102 valence electrons. The molecular weight excluding hydrogens is 254 g/mol. The molecule has 1 unspecified atom stereocenters. The Hall–Kier alpha value is -0.900. The number of thiophene rings is 1. The molecule has 2 aromatic rings. The highest BCUT2D eigenvalue weighted by atomic mass is 32.1. The zero-order valence-corrected chi connectivity index (χ0v) is 12.0. The van der Waals surface area contributed by atoms with E-state index in [1.54, 1.807) is 0 Å². The molecule has 0 aliphatic carbocycles. The molecular formula is C16H21NOS. The number of nitrogens with zero attached hydrogens (tertiary/aromatic N) is 1. The van der Waals surface area contributed by atoms with Gasteiger partial charge < -0.3 is 5.11 Å². The average molecular weight is 275 g/mol. The van der Waals surface area contributed by atoms with Gasteiger partial charge in [-0.15, -0.1) is 11.3 Å². The molecule has 1 aliphatic heterocycles. The Morgan fingerprint density at radius 2 is 2.16 bits per heavy atom. The van der Waals surface area contributed by atoms with Gasteiger partial charge in [-0.1, -0.05) is 24.6 Å². The first-order chi connectivity index (χ1) is 9.38. The van der Waals surface area contributed by atoms with Crippen LogP contribution in [0.5, 0.6) is 0 Å². The van der Waals surface area contributed by atoms with Crippen LogP contribution in [0.15, 0.2) is 29.6 Å². The minimum absolute atomic E-state index is 0.311. The van der Waals surface area contributed by atoms with Gasteiger partial charge in [-0.2, -0.15) is 0 Å². The van der Waals surface area contributed by atoms with Crippen molar-refractivity contribution in [1.82, 2.24) is 4.90 Å². The lowest BCUT2D eigenvalue weighted by atomic mass is 9.99. The van der Waals surface area contributed by atoms with Gasteiger partial charge in [-0.05, 0) is 48.2 Å². The molecule has 1 saturated heterocycles. The molecule has 0 amide bonds. The molecule has 1 aliphatic rings. The summed E-state index contributed by atoms with van der Waals surface area (Å²) in [5, 5.41) is 12.9. The predicted octanol–water partition coefficient (Wildman–Crippen LogP) is 3.64. The number of aliphatic hydroxyl groups excluding tert-OH is 1. The van der Waals surface area contributed by atoms with E-state index >= 15 is 0 Å². The highest BCUT2D eigenvalue weighted by Crippen LogP contribution is 2.29. The van der Waals surface area contributed by atoms with Gasteiger partial charge in [0, 0.05) is 23.9 Å².